The minimum atomic E-state index is -1.04. The molecule has 1 aliphatic rings. The van der Waals surface area contributed by atoms with Crippen molar-refractivity contribution in [2.75, 3.05) is 31.2 Å². The quantitative estimate of drug-likeness (QED) is 0.832. The van der Waals surface area contributed by atoms with Crippen LogP contribution < -0.4 is 4.90 Å². The van der Waals surface area contributed by atoms with Crippen molar-refractivity contribution in [3.63, 3.8) is 0 Å². The Morgan fingerprint density at radius 1 is 1.25 bits per heavy atom. The summed E-state index contributed by atoms with van der Waals surface area (Å²) in [6, 6.07) is 4.28. The summed E-state index contributed by atoms with van der Waals surface area (Å²) in [5.74, 6) is -1.86. The van der Waals surface area contributed by atoms with E-state index in [0.29, 0.717) is 32.0 Å². The molecule has 0 unspecified atom stereocenters. The average molecular weight is 281 g/mol. The van der Waals surface area contributed by atoms with Gasteiger partial charge in [0.1, 0.15) is 5.82 Å². The molecule has 6 heteroatoms. The van der Waals surface area contributed by atoms with E-state index < -0.39 is 11.8 Å². The number of anilines is 1. The number of hydrogen-bond acceptors (Lipinski definition) is 4. The number of Topliss-reactive ketones (excluding diaryl/α,β-unsaturated/α-hetero) is 1. The van der Waals surface area contributed by atoms with Gasteiger partial charge in [-0.05, 0) is 18.2 Å². The molecule has 0 radical (unpaired) electrons. The molecule has 0 bridgehead atoms. The van der Waals surface area contributed by atoms with Gasteiger partial charge in [0, 0.05) is 25.1 Å². The molecule has 1 N–H and O–H groups in total. The SMILES string of the molecule is O=C(O)CCC(=O)c1ccc(N2CCOCC2)c(F)c1. The number of aliphatic carboxylic acids is 1. The second kappa shape index (κ2) is 6.47. The van der Waals surface area contributed by atoms with E-state index in [1.54, 1.807) is 6.07 Å². The van der Waals surface area contributed by atoms with Crippen LogP contribution in [0.15, 0.2) is 18.2 Å². The van der Waals surface area contributed by atoms with E-state index in [2.05, 4.69) is 0 Å². The monoisotopic (exact) mass is 281 g/mol. The maximum absolute atomic E-state index is 14.0. The zero-order valence-corrected chi connectivity index (χ0v) is 11.0. The van der Waals surface area contributed by atoms with Crippen molar-refractivity contribution in [3.05, 3.63) is 29.6 Å². The molecule has 1 aliphatic heterocycles. The highest BCUT2D eigenvalue weighted by atomic mass is 19.1. The first-order valence-electron chi connectivity index (χ1n) is 6.45. The van der Waals surface area contributed by atoms with Crippen LogP contribution in [-0.4, -0.2) is 43.2 Å². The first kappa shape index (κ1) is 14.5. The number of carbonyl (C=O) groups is 2. The Hall–Kier alpha value is -1.95. The van der Waals surface area contributed by atoms with Crippen molar-refractivity contribution in [1.82, 2.24) is 0 Å². The van der Waals surface area contributed by atoms with Crippen LogP contribution in [0.2, 0.25) is 0 Å². The normalized spacial score (nSPS) is 15.2. The summed E-state index contributed by atoms with van der Waals surface area (Å²) in [7, 11) is 0. The third-order valence-corrected chi connectivity index (χ3v) is 3.19. The molecule has 1 fully saturated rings. The first-order valence-corrected chi connectivity index (χ1v) is 6.45. The van der Waals surface area contributed by atoms with E-state index in [-0.39, 0.29) is 24.2 Å². The summed E-state index contributed by atoms with van der Waals surface area (Å²) in [6.07, 6.45) is -0.364. The van der Waals surface area contributed by atoms with Crippen LogP contribution in [0.1, 0.15) is 23.2 Å². The molecule has 1 aromatic rings. The van der Waals surface area contributed by atoms with Crippen molar-refractivity contribution < 1.29 is 23.8 Å². The van der Waals surface area contributed by atoms with Crippen molar-refractivity contribution >= 4 is 17.4 Å². The topological polar surface area (TPSA) is 66.8 Å². The van der Waals surface area contributed by atoms with Gasteiger partial charge in [-0.25, -0.2) is 4.39 Å². The van der Waals surface area contributed by atoms with Gasteiger partial charge >= 0.3 is 5.97 Å². The van der Waals surface area contributed by atoms with E-state index in [9.17, 15) is 14.0 Å². The lowest BCUT2D eigenvalue weighted by Gasteiger charge is -2.29. The summed E-state index contributed by atoms with van der Waals surface area (Å²) >= 11 is 0. The van der Waals surface area contributed by atoms with Gasteiger partial charge in [-0.1, -0.05) is 0 Å². The van der Waals surface area contributed by atoms with Gasteiger partial charge in [-0.3, -0.25) is 9.59 Å². The second-order valence-corrected chi connectivity index (χ2v) is 4.58. The van der Waals surface area contributed by atoms with Crippen molar-refractivity contribution in [2.24, 2.45) is 0 Å². The lowest BCUT2D eigenvalue weighted by Crippen LogP contribution is -2.36. The number of benzene rings is 1. The molecule has 0 aromatic heterocycles. The van der Waals surface area contributed by atoms with Crippen LogP contribution >= 0.6 is 0 Å². The lowest BCUT2D eigenvalue weighted by molar-refractivity contribution is -0.136. The molecule has 1 heterocycles. The number of ketones is 1. The maximum Gasteiger partial charge on any atom is 0.303 e. The number of carbonyl (C=O) groups excluding carboxylic acids is 1. The van der Waals surface area contributed by atoms with Gasteiger partial charge in [0.25, 0.3) is 0 Å². The minimum Gasteiger partial charge on any atom is -0.481 e. The number of rotatable bonds is 5. The highest BCUT2D eigenvalue weighted by Crippen LogP contribution is 2.22. The first-order chi connectivity index (χ1) is 9.58. The molecule has 0 spiro atoms. The predicted octanol–water partition coefficient (Wildman–Crippen LogP) is 1.71. The number of carboxylic acids is 1. The molecule has 2 rings (SSSR count). The largest absolute Gasteiger partial charge is 0.481 e. The van der Waals surface area contributed by atoms with Gasteiger partial charge < -0.3 is 14.7 Å². The van der Waals surface area contributed by atoms with Crippen molar-refractivity contribution in [1.29, 1.82) is 0 Å². The fourth-order valence-corrected chi connectivity index (χ4v) is 2.11. The molecule has 108 valence electrons. The summed E-state index contributed by atoms with van der Waals surface area (Å²) in [5.41, 5.74) is 0.656. The Morgan fingerprint density at radius 2 is 1.95 bits per heavy atom. The van der Waals surface area contributed by atoms with E-state index >= 15 is 0 Å². The molecule has 1 saturated heterocycles. The second-order valence-electron chi connectivity index (χ2n) is 4.58. The maximum atomic E-state index is 14.0. The Labute approximate surface area is 116 Å². The van der Waals surface area contributed by atoms with Crippen LogP contribution in [0.25, 0.3) is 0 Å². The van der Waals surface area contributed by atoms with Crippen LogP contribution in [0.5, 0.6) is 0 Å². The van der Waals surface area contributed by atoms with Crippen LogP contribution in [0.3, 0.4) is 0 Å². The van der Waals surface area contributed by atoms with Gasteiger partial charge in [-0.15, -0.1) is 0 Å². The number of ether oxygens (including phenoxy) is 1. The summed E-state index contributed by atoms with van der Waals surface area (Å²) < 4.78 is 19.2. The number of morpholine rings is 1. The highest BCUT2D eigenvalue weighted by Gasteiger charge is 2.17. The van der Waals surface area contributed by atoms with Gasteiger partial charge in [0.05, 0.1) is 25.3 Å². The fourth-order valence-electron chi connectivity index (χ4n) is 2.11. The van der Waals surface area contributed by atoms with Gasteiger partial charge in [0.2, 0.25) is 0 Å². The smallest absolute Gasteiger partial charge is 0.303 e. The Bertz CT molecular complexity index is 512. The summed E-state index contributed by atoms with van der Waals surface area (Å²) in [6.45, 7) is 2.34. The van der Waals surface area contributed by atoms with Crippen LogP contribution in [0.4, 0.5) is 10.1 Å². The standard InChI is InChI=1S/C14H16FNO4/c15-11-9-10(13(17)3-4-14(18)19)1-2-12(11)16-5-7-20-8-6-16/h1-2,9H,3-8H2,(H,18,19). The zero-order valence-electron chi connectivity index (χ0n) is 11.0. The van der Waals surface area contributed by atoms with Crippen LogP contribution in [0, 0.1) is 5.82 Å². The molecule has 0 saturated carbocycles. The predicted molar refractivity (Wildman–Crippen MR) is 70.6 cm³/mol. The number of hydrogen-bond donors (Lipinski definition) is 1. The Morgan fingerprint density at radius 3 is 2.55 bits per heavy atom. The van der Waals surface area contributed by atoms with Crippen molar-refractivity contribution in [2.45, 2.75) is 12.8 Å². The highest BCUT2D eigenvalue weighted by molar-refractivity contribution is 5.97. The van der Waals surface area contributed by atoms with E-state index in [1.807, 2.05) is 4.90 Å². The molecule has 0 atom stereocenters. The Kier molecular flexibility index (Phi) is 4.68. The third-order valence-electron chi connectivity index (χ3n) is 3.19. The molecule has 5 nitrogen and oxygen atoms in total. The molecule has 1 aromatic carbocycles. The van der Waals surface area contributed by atoms with E-state index in [0.717, 1.165) is 0 Å². The Balaban J connectivity index is 2.08. The summed E-state index contributed by atoms with van der Waals surface area (Å²) in [4.78, 5) is 24.0. The molecular weight excluding hydrogens is 265 g/mol. The van der Waals surface area contributed by atoms with Crippen molar-refractivity contribution in [3.8, 4) is 0 Å². The zero-order chi connectivity index (χ0) is 14.5. The molecule has 0 amide bonds. The molecule has 0 aliphatic carbocycles. The van der Waals surface area contributed by atoms with Gasteiger partial charge in [0.15, 0.2) is 5.78 Å². The minimum absolute atomic E-state index is 0.119. The molecule has 20 heavy (non-hydrogen) atoms. The number of nitrogens with zero attached hydrogens (tertiary/aromatic N) is 1. The number of halogens is 1. The van der Waals surface area contributed by atoms with Crippen LogP contribution in [-0.2, 0) is 9.53 Å². The fraction of sp³-hybridized carbons (Fsp3) is 0.429. The lowest BCUT2D eigenvalue weighted by atomic mass is 10.1. The van der Waals surface area contributed by atoms with Gasteiger partial charge in [-0.2, -0.15) is 0 Å². The van der Waals surface area contributed by atoms with E-state index in [4.69, 9.17) is 9.84 Å². The molecular formula is C14H16FNO4. The average Bonchev–Trinajstić information content (AvgIpc) is 2.45. The number of carboxylic acid groups (broad SMARTS) is 1. The summed E-state index contributed by atoms with van der Waals surface area (Å²) in [5, 5.41) is 8.53. The van der Waals surface area contributed by atoms with E-state index in [1.165, 1.54) is 12.1 Å². The third kappa shape index (κ3) is 3.54.